The van der Waals surface area contributed by atoms with Gasteiger partial charge in [-0.05, 0) is 30.3 Å². The first kappa shape index (κ1) is 18.3. The van der Waals surface area contributed by atoms with Crippen LogP contribution in [0.2, 0.25) is 10.0 Å². The third-order valence-corrected chi connectivity index (χ3v) is 4.09. The molecule has 0 atom stereocenters. The summed E-state index contributed by atoms with van der Waals surface area (Å²) >= 11 is 12.1. The first-order chi connectivity index (χ1) is 12.2. The van der Waals surface area contributed by atoms with Crippen molar-refractivity contribution in [1.82, 2.24) is 4.98 Å². The molecule has 0 radical (unpaired) electrons. The molecule has 0 aliphatic heterocycles. The Kier molecular flexibility index (Phi) is 4.68. The Bertz CT molecular complexity index is 1020. The lowest BCUT2D eigenvalue weighted by Gasteiger charge is -2.15. The van der Waals surface area contributed by atoms with Crippen molar-refractivity contribution in [2.75, 3.05) is 5.32 Å². The highest BCUT2D eigenvalue weighted by Crippen LogP contribution is 2.37. The van der Waals surface area contributed by atoms with Crippen molar-refractivity contribution < 1.29 is 23.1 Å². The molecule has 0 spiro atoms. The van der Waals surface area contributed by atoms with Crippen LogP contribution in [0.1, 0.15) is 15.9 Å². The van der Waals surface area contributed by atoms with E-state index in [0.717, 1.165) is 18.3 Å². The van der Waals surface area contributed by atoms with Gasteiger partial charge in [-0.3, -0.25) is 4.98 Å². The molecule has 0 bridgehead atoms. The SMILES string of the molecule is O=C(O)c1cnc2cc(Cl)cc(Cl)c2c1Nc1cccc(C(F)(F)F)c1. The molecule has 0 aliphatic carbocycles. The van der Waals surface area contributed by atoms with E-state index < -0.39 is 17.7 Å². The summed E-state index contributed by atoms with van der Waals surface area (Å²) in [6, 6.07) is 7.27. The highest BCUT2D eigenvalue weighted by atomic mass is 35.5. The van der Waals surface area contributed by atoms with E-state index in [-0.39, 0.29) is 27.3 Å². The number of anilines is 2. The van der Waals surface area contributed by atoms with Crippen LogP contribution in [0.15, 0.2) is 42.6 Å². The molecule has 0 saturated carbocycles. The fourth-order valence-corrected chi connectivity index (χ4v) is 3.03. The number of alkyl halides is 3. The number of nitrogens with one attached hydrogen (secondary N) is 1. The Balaban J connectivity index is 2.21. The molecule has 134 valence electrons. The van der Waals surface area contributed by atoms with Crippen LogP contribution in [0.25, 0.3) is 10.9 Å². The number of hydrogen-bond acceptors (Lipinski definition) is 3. The summed E-state index contributed by atoms with van der Waals surface area (Å²) in [4.78, 5) is 15.5. The van der Waals surface area contributed by atoms with Crippen molar-refractivity contribution in [2.24, 2.45) is 0 Å². The molecule has 3 aromatic rings. The molecule has 26 heavy (non-hydrogen) atoms. The number of halogens is 5. The fraction of sp³-hybridized carbons (Fsp3) is 0.0588. The molecular formula is C17H9Cl2F3N2O2. The lowest BCUT2D eigenvalue weighted by atomic mass is 10.1. The summed E-state index contributed by atoms with van der Waals surface area (Å²) in [7, 11) is 0. The summed E-state index contributed by atoms with van der Waals surface area (Å²) in [6.07, 6.45) is -3.44. The van der Waals surface area contributed by atoms with Gasteiger partial charge in [0, 0.05) is 22.3 Å². The quantitative estimate of drug-likeness (QED) is 0.565. The Morgan fingerprint density at radius 3 is 2.54 bits per heavy atom. The van der Waals surface area contributed by atoms with E-state index in [1.54, 1.807) is 0 Å². The summed E-state index contributed by atoms with van der Waals surface area (Å²) in [5.41, 5.74) is -0.711. The lowest BCUT2D eigenvalue weighted by Crippen LogP contribution is -2.07. The average Bonchev–Trinajstić information content (AvgIpc) is 2.53. The van der Waals surface area contributed by atoms with Crippen LogP contribution in [-0.2, 0) is 6.18 Å². The predicted molar refractivity (Wildman–Crippen MR) is 93.4 cm³/mol. The lowest BCUT2D eigenvalue weighted by molar-refractivity contribution is -0.137. The molecule has 2 aromatic carbocycles. The molecule has 0 fully saturated rings. The van der Waals surface area contributed by atoms with Crippen LogP contribution in [0.4, 0.5) is 24.5 Å². The largest absolute Gasteiger partial charge is 0.478 e. The van der Waals surface area contributed by atoms with Gasteiger partial charge in [-0.15, -0.1) is 0 Å². The maximum absolute atomic E-state index is 12.9. The number of benzene rings is 2. The Morgan fingerprint density at radius 1 is 1.15 bits per heavy atom. The highest BCUT2D eigenvalue weighted by molar-refractivity contribution is 6.39. The van der Waals surface area contributed by atoms with E-state index in [1.807, 2.05) is 0 Å². The van der Waals surface area contributed by atoms with E-state index in [9.17, 15) is 23.1 Å². The molecule has 1 aromatic heterocycles. The van der Waals surface area contributed by atoms with Crippen LogP contribution in [-0.4, -0.2) is 16.1 Å². The first-order valence-electron chi connectivity index (χ1n) is 7.12. The summed E-state index contributed by atoms with van der Waals surface area (Å²) in [5, 5.41) is 12.8. The number of rotatable bonds is 3. The van der Waals surface area contributed by atoms with Crippen molar-refractivity contribution in [3.63, 3.8) is 0 Å². The van der Waals surface area contributed by atoms with Gasteiger partial charge in [0.1, 0.15) is 5.56 Å². The molecule has 2 N–H and O–H groups in total. The number of fused-ring (bicyclic) bond motifs is 1. The van der Waals surface area contributed by atoms with E-state index in [0.29, 0.717) is 10.5 Å². The minimum Gasteiger partial charge on any atom is -0.478 e. The van der Waals surface area contributed by atoms with E-state index in [4.69, 9.17) is 23.2 Å². The summed E-state index contributed by atoms with van der Waals surface area (Å²) < 4.78 is 38.7. The van der Waals surface area contributed by atoms with E-state index in [1.165, 1.54) is 24.3 Å². The van der Waals surface area contributed by atoms with Crippen LogP contribution in [0, 0.1) is 0 Å². The van der Waals surface area contributed by atoms with Gasteiger partial charge >= 0.3 is 12.1 Å². The average molecular weight is 401 g/mol. The second kappa shape index (κ2) is 6.66. The van der Waals surface area contributed by atoms with Crippen molar-refractivity contribution in [1.29, 1.82) is 0 Å². The zero-order valence-corrected chi connectivity index (χ0v) is 14.2. The van der Waals surface area contributed by atoms with Crippen LogP contribution < -0.4 is 5.32 Å². The molecule has 0 saturated heterocycles. The van der Waals surface area contributed by atoms with Crippen molar-refractivity contribution in [2.45, 2.75) is 6.18 Å². The van der Waals surface area contributed by atoms with Crippen LogP contribution >= 0.6 is 23.2 Å². The maximum Gasteiger partial charge on any atom is 0.416 e. The zero-order chi connectivity index (χ0) is 19.1. The third-order valence-electron chi connectivity index (χ3n) is 3.58. The van der Waals surface area contributed by atoms with Crippen LogP contribution in [0.3, 0.4) is 0 Å². The van der Waals surface area contributed by atoms with Crippen LogP contribution in [0.5, 0.6) is 0 Å². The predicted octanol–water partition coefficient (Wildman–Crippen LogP) is 6.00. The van der Waals surface area contributed by atoms with Gasteiger partial charge in [0.25, 0.3) is 0 Å². The monoisotopic (exact) mass is 400 g/mol. The maximum atomic E-state index is 12.9. The number of aromatic carboxylic acids is 1. The number of carbonyl (C=O) groups is 1. The van der Waals surface area contributed by atoms with Gasteiger partial charge in [-0.2, -0.15) is 13.2 Å². The minimum atomic E-state index is -4.53. The third kappa shape index (κ3) is 3.54. The first-order valence-corrected chi connectivity index (χ1v) is 7.88. The van der Waals surface area contributed by atoms with Gasteiger partial charge in [-0.1, -0.05) is 29.3 Å². The standard InChI is InChI=1S/C17H9Cl2F3N2O2/c18-9-5-12(19)14-13(6-9)23-7-11(16(25)26)15(14)24-10-3-1-2-8(4-10)17(20,21)22/h1-7H,(H,23,24)(H,25,26). The number of carboxylic acid groups (broad SMARTS) is 1. The Hall–Kier alpha value is -2.51. The Morgan fingerprint density at radius 2 is 1.88 bits per heavy atom. The summed E-state index contributed by atoms with van der Waals surface area (Å²) in [5.74, 6) is -1.31. The van der Waals surface area contributed by atoms with Gasteiger partial charge in [-0.25, -0.2) is 4.79 Å². The number of pyridine rings is 1. The van der Waals surface area contributed by atoms with Gasteiger partial charge in [0.05, 0.1) is 21.8 Å². The van der Waals surface area contributed by atoms with E-state index in [2.05, 4.69) is 10.3 Å². The molecule has 3 rings (SSSR count). The number of carboxylic acids is 1. The number of hydrogen-bond donors (Lipinski definition) is 2. The van der Waals surface area contributed by atoms with Gasteiger partial charge in [0.15, 0.2) is 0 Å². The normalized spacial score (nSPS) is 11.6. The Labute approximate surface area is 155 Å². The molecule has 0 unspecified atom stereocenters. The molecule has 0 amide bonds. The minimum absolute atomic E-state index is 0.0310. The molecule has 1 heterocycles. The summed E-state index contributed by atoms with van der Waals surface area (Å²) in [6.45, 7) is 0. The van der Waals surface area contributed by atoms with Crippen molar-refractivity contribution in [3.8, 4) is 0 Å². The number of aromatic nitrogens is 1. The fourth-order valence-electron chi connectivity index (χ4n) is 2.45. The second-order valence-electron chi connectivity index (χ2n) is 5.34. The molecule has 9 heteroatoms. The zero-order valence-electron chi connectivity index (χ0n) is 12.7. The molecule has 0 aliphatic rings. The molecular weight excluding hydrogens is 392 g/mol. The highest BCUT2D eigenvalue weighted by Gasteiger charge is 2.30. The second-order valence-corrected chi connectivity index (χ2v) is 6.18. The smallest absolute Gasteiger partial charge is 0.416 e. The topological polar surface area (TPSA) is 62.2 Å². The van der Waals surface area contributed by atoms with E-state index >= 15 is 0 Å². The van der Waals surface area contributed by atoms with Crippen molar-refractivity contribution in [3.05, 3.63) is 63.8 Å². The van der Waals surface area contributed by atoms with Gasteiger partial charge < -0.3 is 10.4 Å². The number of nitrogens with zero attached hydrogens (tertiary/aromatic N) is 1. The van der Waals surface area contributed by atoms with Crippen molar-refractivity contribution >= 4 is 51.4 Å². The van der Waals surface area contributed by atoms with Gasteiger partial charge in [0.2, 0.25) is 0 Å². The molecule has 4 nitrogen and oxygen atoms in total.